The molecule has 1 atom stereocenters. The Hall–Kier alpha value is -3.00. The van der Waals surface area contributed by atoms with Gasteiger partial charge in [0.15, 0.2) is 5.65 Å². The number of carbonyl (C=O) groups is 1. The Morgan fingerprint density at radius 3 is 3.00 bits per heavy atom. The molecule has 0 radical (unpaired) electrons. The van der Waals surface area contributed by atoms with E-state index in [2.05, 4.69) is 20.3 Å². The molecule has 0 aliphatic carbocycles. The van der Waals surface area contributed by atoms with E-state index in [4.69, 9.17) is 0 Å². The van der Waals surface area contributed by atoms with Crippen LogP contribution in [0.4, 0.5) is 0 Å². The lowest BCUT2D eigenvalue weighted by molar-refractivity contribution is 0.0915. The van der Waals surface area contributed by atoms with Crippen LogP contribution in [0.2, 0.25) is 0 Å². The standard InChI is InChI=1S/C15H15N5O3/c1-20-8-18-13-9(5-6-16-14(13)20)15(23)17-7-11(21)10-3-2-4-12(22)19-10/h2-6,8,11,21H,7H2,1H3,(H,17,23)(H,19,22). The molecule has 0 saturated carbocycles. The number of rotatable bonds is 4. The number of H-pyrrole nitrogens is 1. The first-order chi connectivity index (χ1) is 11.1. The van der Waals surface area contributed by atoms with Gasteiger partial charge in [0.1, 0.15) is 11.6 Å². The van der Waals surface area contributed by atoms with Crippen molar-refractivity contribution < 1.29 is 9.90 Å². The van der Waals surface area contributed by atoms with E-state index in [-0.39, 0.29) is 18.0 Å². The van der Waals surface area contributed by atoms with Gasteiger partial charge in [-0.25, -0.2) is 9.97 Å². The maximum absolute atomic E-state index is 12.3. The minimum atomic E-state index is -1.01. The van der Waals surface area contributed by atoms with E-state index in [1.54, 1.807) is 36.1 Å². The Morgan fingerprint density at radius 2 is 2.22 bits per heavy atom. The van der Waals surface area contributed by atoms with E-state index in [0.717, 1.165) is 0 Å². The number of aliphatic hydroxyl groups excluding tert-OH is 1. The highest BCUT2D eigenvalue weighted by atomic mass is 16.3. The molecule has 1 unspecified atom stereocenters. The fraction of sp³-hybridized carbons (Fsp3) is 0.200. The summed E-state index contributed by atoms with van der Waals surface area (Å²) in [6.07, 6.45) is 2.11. The third-order valence-electron chi connectivity index (χ3n) is 3.45. The molecule has 0 fully saturated rings. The monoisotopic (exact) mass is 313 g/mol. The molecule has 0 aliphatic heterocycles. The van der Waals surface area contributed by atoms with Crippen LogP contribution in [0.1, 0.15) is 22.2 Å². The predicted octanol–water partition coefficient (Wildman–Crippen LogP) is 0.120. The summed E-state index contributed by atoms with van der Waals surface area (Å²) in [6, 6.07) is 6.05. The van der Waals surface area contributed by atoms with Crippen molar-refractivity contribution in [2.24, 2.45) is 7.05 Å². The molecule has 0 aromatic carbocycles. The minimum Gasteiger partial charge on any atom is -0.385 e. The molecule has 3 heterocycles. The van der Waals surface area contributed by atoms with Gasteiger partial charge in [-0.1, -0.05) is 6.07 Å². The molecule has 8 nitrogen and oxygen atoms in total. The number of aromatic nitrogens is 4. The zero-order valence-corrected chi connectivity index (χ0v) is 12.4. The van der Waals surface area contributed by atoms with Gasteiger partial charge in [-0.05, 0) is 12.1 Å². The summed E-state index contributed by atoms with van der Waals surface area (Å²) in [6.45, 7) is -0.0323. The summed E-state index contributed by atoms with van der Waals surface area (Å²) in [5, 5.41) is 12.7. The van der Waals surface area contributed by atoms with E-state index in [1.807, 2.05) is 0 Å². The van der Waals surface area contributed by atoms with Crippen LogP contribution in [-0.2, 0) is 7.05 Å². The van der Waals surface area contributed by atoms with E-state index >= 15 is 0 Å². The number of amides is 1. The molecule has 3 aromatic rings. The quantitative estimate of drug-likeness (QED) is 0.633. The van der Waals surface area contributed by atoms with Crippen LogP contribution >= 0.6 is 0 Å². The summed E-state index contributed by atoms with van der Waals surface area (Å²) in [4.78, 5) is 34.4. The second-order valence-corrected chi connectivity index (χ2v) is 5.08. The largest absolute Gasteiger partial charge is 0.385 e. The molecule has 0 spiro atoms. The van der Waals surface area contributed by atoms with Crippen molar-refractivity contribution in [3.63, 3.8) is 0 Å². The van der Waals surface area contributed by atoms with Crippen molar-refractivity contribution >= 4 is 17.1 Å². The molecule has 3 rings (SSSR count). The third kappa shape index (κ3) is 2.97. The van der Waals surface area contributed by atoms with E-state index in [1.165, 1.54) is 12.3 Å². The van der Waals surface area contributed by atoms with Crippen molar-refractivity contribution in [3.8, 4) is 0 Å². The van der Waals surface area contributed by atoms with Crippen LogP contribution in [0.15, 0.2) is 41.6 Å². The highest BCUT2D eigenvalue weighted by molar-refractivity contribution is 6.03. The van der Waals surface area contributed by atoms with Gasteiger partial charge in [-0.15, -0.1) is 0 Å². The lowest BCUT2D eigenvalue weighted by Gasteiger charge is -2.12. The average molecular weight is 313 g/mol. The van der Waals surface area contributed by atoms with Crippen LogP contribution in [0.3, 0.4) is 0 Å². The van der Waals surface area contributed by atoms with Crippen molar-refractivity contribution in [1.82, 2.24) is 24.8 Å². The lowest BCUT2D eigenvalue weighted by atomic mass is 10.2. The minimum absolute atomic E-state index is 0.0323. The van der Waals surface area contributed by atoms with E-state index in [9.17, 15) is 14.7 Å². The molecular formula is C15H15N5O3. The molecular weight excluding hydrogens is 298 g/mol. The normalized spacial score (nSPS) is 12.3. The topological polar surface area (TPSA) is 113 Å². The molecule has 0 bridgehead atoms. The van der Waals surface area contributed by atoms with Gasteiger partial charge in [0, 0.05) is 31.5 Å². The first-order valence-corrected chi connectivity index (χ1v) is 6.98. The number of pyridine rings is 2. The SMILES string of the molecule is Cn1cnc2c(C(=O)NCC(O)c3cccc(=O)[nH]3)ccnc21. The Morgan fingerprint density at radius 1 is 1.39 bits per heavy atom. The summed E-state index contributed by atoms with van der Waals surface area (Å²) in [5.41, 5.74) is 1.51. The zero-order valence-electron chi connectivity index (χ0n) is 12.4. The number of carbonyl (C=O) groups excluding carboxylic acids is 1. The fourth-order valence-corrected chi connectivity index (χ4v) is 2.26. The first-order valence-electron chi connectivity index (χ1n) is 6.98. The Bertz CT molecular complexity index is 915. The van der Waals surface area contributed by atoms with E-state index < -0.39 is 6.10 Å². The fourth-order valence-electron chi connectivity index (χ4n) is 2.26. The number of fused-ring (bicyclic) bond motifs is 1. The van der Waals surface area contributed by atoms with Crippen LogP contribution in [-0.4, -0.2) is 37.1 Å². The molecule has 8 heteroatoms. The van der Waals surface area contributed by atoms with E-state index in [0.29, 0.717) is 22.4 Å². The Labute approximate surface area is 130 Å². The lowest BCUT2D eigenvalue weighted by Crippen LogP contribution is -2.29. The number of nitrogens with zero attached hydrogens (tertiary/aromatic N) is 3. The number of aromatic amines is 1. The van der Waals surface area contributed by atoms with Gasteiger partial charge < -0.3 is 20.0 Å². The number of aryl methyl sites for hydroxylation is 1. The molecule has 118 valence electrons. The number of imidazole rings is 1. The van der Waals surface area contributed by atoms with Gasteiger partial charge in [0.2, 0.25) is 5.56 Å². The summed E-state index contributed by atoms with van der Waals surface area (Å²) >= 11 is 0. The number of aliphatic hydroxyl groups is 1. The molecule has 3 aromatic heterocycles. The van der Waals surface area contributed by atoms with Gasteiger partial charge in [-0.2, -0.15) is 0 Å². The summed E-state index contributed by atoms with van der Waals surface area (Å²) in [7, 11) is 1.79. The van der Waals surface area contributed by atoms with Crippen molar-refractivity contribution in [2.45, 2.75) is 6.10 Å². The zero-order chi connectivity index (χ0) is 16.4. The van der Waals surface area contributed by atoms with Crippen molar-refractivity contribution in [1.29, 1.82) is 0 Å². The van der Waals surface area contributed by atoms with Crippen LogP contribution in [0.5, 0.6) is 0 Å². The predicted molar refractivity (Wildman–Crippen MR) is 82.9 cm³/mol. The smallest absolute Gasteiger partial charge is 0.253 e. The van der Waals surface area contributed by atoms with Crippen molar-refractivity contribution in [2.75, 3.05) is 6.54 Å². The second kappa shape index (κ2) is 6.01. The maximum Gasteiger partial charge on any atom is 0.253 e. The average Bonchev–Trinajstić information content (AvgIpc) is 2.94. The van der Waals surface area contributed by atoms with Crippen molar-refractivity contribution in [3.05, 3.63) is 58.4 Å². The van der Waals surface area contributed by atoms with Gasteiger partial charge in [-0.3, -0.25) is 9.59 Å². The second-order valence-electron chi connectivity index (χ2n) is 5.08. The maximum atomic E-state index is 12.3. The van der Waals surface area contributed by atoms with Gasteiger partial charge >= 0.3 is 0 Å². The number of nitrogens with one attached hydrogen (secondary N) is 2. The Balaban J connectivity index is 1.75. The van der Waals surface area contributed by atoms with Gasteiger partial charge in [0.25, 0.3) is 5.91 Å². The van der Waals surface area contributed by atoms with Gasteiger partial charge in [0.05, 0.1) is 11.9 Å². The molecule has 1 amide bonds. The first kappa shape index (κ1) is 14.9. The molecule has 3 N–H and O–H groups in total. The third-order valence-corrected chi connectivity index (χ3v) is 3.45. The van der Waals surface area contributed by atoms with Crippen LogP contribution in [0.25, 0.3) is 11.2 Å². The molecule has 0 saturated heterocycles. The van der Waals surface area contributed by atoms with Crippen LogP contribution < -0.4 is 10.9 Å². The molecule has 0 aliphatic rings. The number of hydrogen-bond donors (Lipinski definition) is 3. The highest BCUT2D eigenvalue weighted by Gasteiger charge is 2.15. The summed E-state index contributed by atoms with van der Waals surface area (Å²) in [5.74, 6) is -0.367. The Kier molecular flexibility index (Phi) is 3.90. The number of hydrogen-bond acceptors (Lipinski definition) is 5. The highest BCUT2D eigenvalue weighted by Crippen LogP contribution is 2.14. The molecule has 23 heavy (non-hydrogen) atoms. The van der Waals surface area contributed by atoms with Crippen LogP contribution in [0, 0.1) is 0 Å². The summed E-state index contributed by atoms with van der Waals surface area (Å²) < 4.78 is 1.72.